The highest BCUT2D eigenvalue weighted by Crippen LogP contribution is 2.31. The molecule has 2 rings (SSSR count). The van der Waals surface area contributed by atoms with Gasteiger partial charge in [0.1, 0.15) is 5.76 Å². The number of rotatable bonds is 4. The first kappa shape index (κ1) is 14.6. The molecule has 108 valence electrons. The number of aryl methyl sites for hydroxylation is 2. The quantitative estimate of drug-likeness (QED) is 0.887. The molecule has 1 aliphatic carbocycles. The second-order valence-corrected chi connectivity index (χ2v) is 6.48. The zero-order chi connectivity index (χ0) is 14.0. The highest BCUT2D eigenvalue weighted by Gasteiger charge is 2.25. The van der Waals surface area contributed by atoms with Gasteiger partial charge in [-0.25, -0.2) is 0 Å². The fourth-order valence-corrected chi connectivity index (χ4v) is 3.50. The third-order valence-corrected chi connectivity index (χ3v) is 4.72. The standard InChI is InChI=1S/C16H28N2O/c1-10(2)14-6-8-15(9-7-14)17-11(3)16-12(4)18-19-13(16)5/h10-11,14-15,17H,6-9H2,1-5H3. The molecule has 1 N–H and O–H groups in total. The second kappa shape index (κ2) is 6.08. The smallest absolute Gasteiger partial charge is 0.138 e. The lowest BCUT2D eigenvalue weighted by Crippen LogP contribution is -2.36. The van der Waals surface area contributed by atoms with Crippen LogP contribution in [0.3, 0.4) is 0 Å². The lowest BCUT2D eigenvalue weighted by atomic mass is 9.79. The van der Waals surface area contributed by atoms with Crippen molar-refractivity contribution in [1.82, 2.24) is 10.5 Å². The molecule has 0 radical (unpaired) electrons. The van der Waals surface area contributed by atoms with Gasteiger partial charge in [0.05, 0.1) is 5.69 Å². The minimum Gasteiger partial charge on any atom is -0.361 e. The van der Waals surface area contributed by atoms with Gasteiger partial charge in [-0.3, -0.25) is 0 Å². The summed E-state index contributed by atoms with van der Waals surface area (Å²) in [5, 5.41) is 7.81. The number of hydrogen-bond acceptors (Lipinski definition) is 3. The molecule has 1 fully saturated rings. The van der Waals surface area contributed by atoms with Crippen molar-refractivity contribution in [3.63, 3.8) is 0 Å². The molecule has 1 aromatic heterocycles. The summed E-state index contributed by atoms with van der Waals surface area (Å²) in [5.41, 5.74) is 2.26. The summed E-state index contributed by atoms with van der Waals surface area (Å²) in [6, 6.07) is 0.991. The van der Waals surface area contributed by atoms with Gasteiger partial charge in [0.25, 0.3) is 0 Å². The van der Waals surface area contributed by atoms with Gasteiger partial charge >= 0.3 is 0 Å². The summed E-state index contributed by atoms with van der Waals surface area (Å²) in [4.78, 5) is 0. The molecular formula is C16H28N2O. The van der Waals surface area contributed by atoms with Gasteiger partial charge in [-0.05, 0) is 58.3 Å². The van der Waals surface area contributed by atoms with Crippen LogP contribution in [0.2, 0.25) is 0 Å². The number of aromatic nitrogens is 1. The first-order chi connectivity index (χ1) is 8.99. The molecule has 1 heterocycles. The molecule has 1 atom stereocenters. The van der Waals surface area contributed by atoms with Crippen LogP contribution in [-0.2, 0) is 0 Å². The molecule has 0 spiro atoms. The molecule has 19 heavy (non-hydrogen) atoms. The van der Waals surface area contributed by atoms with Gasteiger partial charge < -0.3 is 9.84 Å². The Labute approximate surface area is 117 Å². The first-order valence-electron chi connectivity index (χ1n) is 7.67. The SMILES string of the molecule is Cc1noc(C)c1C(C)NC1CCC(C(C)C)CC1. The Morgan fingerprint density at radius 1 is 1.11 bits per heavy atom. The van der Waals surface area contributed by atoms with Crippen molar-refractivity contribution in [3.05, 3.63) is 17.0 Å². The van der Waals surface area contributed by atoms with Crippen LogP contribution in [0.1, 0.15) is 69.5 Å². The minimum atomic E-state index is 0.340. The molecule has 0 aromatic carbocycles. The van der Waals surface area contributed by atoms with E-state index in [9.17, 15) is 0 Å². The maximum Gasteiger partial charge on any atom is 0.138 e. The highest BCUT2D eigenvalue weighted by atomic mass is 16.5. The number of nitrogens with one attached hydrogen (secondary N) is 1. The fourth-order valence-electron chi connectivity index (χ4n) is 3.50. The Balaban J connectivity index is 1.89. The molecule has 1 aromatic rings. The maximum absolute atomic E-state index is 5.26. The monoisotopic (exact) mass is 264 g/mol. The Morgan fingerprint density at radius 3 is 2.21 bits per heavy atom. The van der Waals surface area contributed by atoms with Gasteiger partial charge in [0.2, 0.25) is 0 Å². The Morgan fingerprint density at radius 2 is 1.74 bits per heavy atom. The van der Waals surface area contributed by atoms with Crippen molar-refractivity contribution >= 4 is 0 Å². The van der Waals surface area contributed by atoms with Crippen LogP contribution in [0.4, 0.5) is 0 Å². The molecule has 3 heteroatoms. The predicted molar refractivity (Wildman–Crippen MR) is 78.1 cm³/mol. The third kappa shape index (κ3) is 3.38. The molecule has 1 aliphatic rings. The number of nitrogens with zero attached hydrogens (tertiary/aromatic N) is 1. The molecule has 1 saturated carbocycles. The maximum atomic E-state index is 5.26. The van der Waals surface area contributed by atoms with Crippen LogP contribution in [0.15, 0.2) is 4.52 Å². The summed E-state index contributed by atoms with van der Waals surface area (Å²) < 4.78 is 5.26. The second-order valence-electron chi connectivity index (χ2n) is 6.48. The fraction of sp³-hybridized carbons (Fsp3) is 0.812. The third-order valence-electron chi connectivity index (χ3n) is 4.72. The van der Waals surface area contributed by atoms with E-state index in [1.54, 1.807) is 0 Å². The molecule has 1 unspecified atom stereocenters. The molecular weight excluding hydrogens is 236 g/mol. The molecule has 0 amide bonds. The zero-order valence-corrected chi connectivity index (χ0v) is 13.0. The summed E-state index contributed by atoms with van der Waals surface area (Å²) in [6.07, 6.45) is 5.33. The topological polar surface area (TPSA) is 38.1 Å². The van der Waals surface area contributed by atoms with Crippen LogP contribution < -0.4 is 5.32 Å². The van der Waals surface area contributed by atoms with E-state index in [-0.39, 0.29) is 0 Å². The zero-order valence-electron chi connectivity index (χ0n) is 13.0. The van der Waals surface area contributed by atoms with Crippen LogP contribution >= 0.6 is 0 Å². The van der Waals surface area contributed by atoms with Crippen LogP contribution in [-0.4, -0.2) is 11.2 Å². The molecule has 0 aliphatic heterocycles. The Hall–Kier alpha value is -0.830. The predicted octanol–water partition coefficient (Wildman–Crippen LogP) is 4.16. The Kier molecular flexibility index (Phi) is 4.67. The van der Waals surface area contributed by atoms with Crippen molar-refractivity contribution in [2.45, 2.75) is 72.4 Å². The summed E-state index contributed by atoms with van der Waals surface area (Å²) in [6.45, 7) is 11.0. The summed E-state index contributed by atoms with van der Waals surface area (Å²) >= 11 is 0. The molecule has 3 nitrogen and oxygen atoms in total. The first-order valence-corrected chi connectivity index (χ1v) is 7.67. The lowest BCUT2D eigenvalue weighted by molar-refractivity contribution is 0.230. The van der Waals surface area contributed by atoms with E-state index in [1.807, 2.05) is 13.8 Å². The normalized spacial score (nSPS) is 25.8. The van der Waals surface area contributed by atoms with Gasteiger partial charge in [0, 0.05) is 17.6 Å². The van der Waals surface area contributed by atoms with Crippen molar-refractivity contribution in [3.8, 4) is 0 Å². The van der Waals surface area contributed by atoms with E-state index >= 15 is 0 Å². The van der Waals surface area contributed by atoms with E-state index in [0.29, 0.717) is 12.1 Å². The van der Waals surface area contributed by atoms with Crippen LogP contribution in [0, 0.1) is 25.7 Å². The number of hydrogen-bond donors (Lipinski definition) is 1. The summed E-state index contributed by atoms with van der Waals surface area (Å²) in [5.74, 6) is 2.71. The van der Waals surface area contributed by atoms with Crippen LogP contribution in [0.5, 0.6) is 0 Å². The minimum absolute atomic E-state index is 0.340. The van der Waals surface area contributed by atoms with Crippen molar-refractivity contribution in [2.24, 2.45) is 11.8 Å². The highest BCUT2D eigenvalue weighted by molar-refractivity contribution is 5.24. The van der Waals surface area contributed by atoms with Gasteiger partial charge in [-0.15, -0.1) is 0 Å². The average Bonchev–Trinajstić information content (AvgIpc) is 2.69. The van der Waals surface area contributed by atoms with E-state index in [2.05, 4.69) is 31.2 Å². The van der Waals surface area contributed by atoms with E-state index in [4.69, 9.17) is 4.52 Å². The lowest BCUT2D eigenvalue weighted by Gasteiger charge is -2.33. The molecule has 0 bridgehead atoms. The largest absolute Gasteiger partial charge is 0.361 e. The van der Waals surface area contributed by atoms with E-state index < -0.39 is 0 Å². The Bertz CT molecular complexity index is 383. The van der Waals surface area contributed by atoms with Gasteiger partial charge in [0.15, 0.2) is 0 Å². The van der Waals surface area contributed by atoms with Gasteiger partial charge in [-0.2, -0.15) is 0 Å². The van der Waals surface area contributed by atoms with Crippen molar-refractivity contribution in [2.75, 3.05) is 0 Å². The van der Waals surface area contributed by atoms with E-state index in [1.165, 1.54) is 31.2 Å². The average molecular weight is 264 g/mol. The molecule has 0 saturated heterocycles. The van der Waals surface area contributed by atoms with Crippen molar-refractivity contribution < 1.29 is 4.52 Å². The van der Waals surface area contributed by atoms with Crippen LogP contribution in [0.25, 0.3) is 0 Å². The summed E-state index contributed by atoms with van der Waals surface area (Å²) in [7, 11) is 0. The van der Waals surface area contributed by atoms with Gasteiger partial charge in [-0.1, -0.05) is 19.0 Å². The van der Waals surface area contributed by atoms with Crippen molar-refractivity contribution in [1.29, 1.82) is 0 Å². The van der Waals surface area contributed by atoms with E-state index in [0.717, 1.165) is 23.3 Å².